The Morgan fingerprint density at radius 3 is 2.76 bits per heavy atom. The van der Waals surface area contributed by atoms with Crippen molar-refractivity contribution in [2.75, 3.05) is 33.4 Å². The number of aliphatic imine (C=N–C) groups is 1. The Balaban J connectivity index is 0.00000312. The van der Waals surface area contributed by atoms with Gasteiger partial charge in [0, 0.05) is 43.4 Å². The van der Waals surface area contributed by atoms with Crippen LogP contribution in [0.4, 0.5) is 4.39 Å². The first-order valence-corrected chi connectivity index (χ1v) is 9.40. The molecule has 0 amide bonds. The summed E-state index contributed by atoms with van der Waals surface area (Å²) in [5.74, 6) is 1.33. The number of halogens is 3. The summed E-state index contributed by atoms with van der Waals surface area (Å²) < 4.78 is 20.1. The van der Waals surface area contributed by atoms with Crippen molar-refractivity contribution in [2.45, 2.75) is 32.7 Å². The van der Waals surface area contributed by atoms with Crippen LogP contribution in [0.25, 0.3) is 0 Å². The fourth-order valence-corrected chi connectivity index (χ4v) is 3.13. The lowest BCUT2D eigenvalue weighted by Crippen LogP contribution is -2.40. The Hall–Kier alpha value is -0.410. The molecule has 0 unspecified atom stereocenters. The number of hydrogen-bond donors (Lipinski definition) is 1. The molecule has 0 saturated carbocycles. The zero-order valence-corrected chi connectivity index (χ0v) is 18.8. The quantitative estimate of drug-likeness (QED) is 0.338. The maximum Gasteiger partial charge on any atom is 0.193 e. The molecule has 1 heterocycles. The Morgan fingerprint density at radius 2 is 2.12 bits per heavy atom. The fraction of sp³-hybridized carbons (Fsp3) is 0.611. The van der Waals surface area contributed by atoms with Gasteiger partial charge in [-0.1, -0.05) is 22.0 Å². The number of rotatable bonds is 6. The molecule has 0 spiro atoms. The van der Waals surface area contributed by atoms with Gasteiger partial charge in [-0.3, -0.25) is 0 Å². The third kappa shape index (κ3) is 7.78. The third-order valence-electron chi connectivity index (χ3n) is 4.32. The van der Waals surface area contributed by atoms with Gasteiger partial charge >= 0.3 is 0 Å². The maximum atomic E-state index is 13.9. The highest BCUT2D eigenvalue weighted by Crippen LogP contribution is 2.19. The number of nitrogens with zero attached hydrogens (tertiary/aromatic N) is 2. The van der Waals surface area contributed by atoms with Crippen molar-refractivity contribution in [3.8, 4) is 0 Å². The molecule has 25 heavy (non-hydrogen) atoms. The van der Waals surface area contributed by atoms with Crippen molar-refractivity contribution in [1.29, 1.82) is 0 Å². The average molecular weight is 528 g/mol. The molecule has 142 valence electrons. The molecule has 1 saturated heterocycles. The second-order valence-electron chi connectivity index (χ2n) is 6.17. The average Bonchev–Trinajstić information content (AvgIpc) is 2.58. The van der Waals surface area contributed by atoms with Crippen LogP contribution in [0.5, 0.6) is 0 Å². The first-order chi connectivity index (χ1) is 11.6. The summed E-state index contributed by atoms with van der Waals surface area (Å²) in [5.41, 5.74) is 0.603. The maximum absolute atomic E-state index is 13.9. The first-order valence-electron chi connectivity index (χ1n) is 8.61. The van der Waals surface area contributed by atoms with Crippen molar-refractivity contribution >= 4 is 45.9 Å². The second kappa shape index (κ2) is 12.1. The minimum absolute atomic E-state index is 0. The second-order valence-corrected chi connectivity index (χ2v) is 7.09. The standard InChI is InChI=1S/C18H27BrFN3O.HI/c1-3-21-18(22-13-15-4-5-16(19)12-17(15)20)23(2)9-6-14-7-10-24-11-8-14;/h4-5,12,14H,3,6-11,13H2,1-2H3,(H,21,22);1H. The molecule has 1 N–H and O–H groups in total. The SMILES string of the molecule is CCNC(=NCc1ccc(Br)cc1F)N(C)CCC1CCOCC1.I. The topological polar surface area (TPSA) is 36.9 Å². The molecule has 1 aliphatic heterocycles. The van der Waals surface area contributed by atoms with E-state index in [1.165, 1.54) is 6.07 Å². The summed E-state index contributed by atoms with van der Waals surface area (Å²) in [6.07, 6.45) is 3.42. The monoisotopic (exact) mass is 527 g/mol. The van der Waals surface area contributed by atoms with Crippen LogP contribution in [-0.4, -0.2) is 44.2 Å². The lowest BCUT2D eigenvalue weighted by atomic mass is 9.96. The van der Waals surface area contributed by atoms with Gasteiger partial charge in [-0.2, -0.15) is 0 Å². The van der Waals surface area contributed by atoms with E-state index >= 15 is 0 Å². The van der Waals surface area contributed by atoms with Gasteiger partial charge in [-0.05, 0) is 44.2 Å². The number of ether oxygens (including phenoxy) is 1. The number of hydrogen-bond acceptors (Lipinski definition) is 2. The largest absolute Gasteiger partial charge is 0.381 e. The molecular weight excluding hydrogens is 500 g/mol. The van der Waals surface area contributed by atoms with Crippen LogP contribution in [0.3, 0.4) is 0 Å². The highest BCUT2D eigenvalue weighted by atomic mass is 127. The van der Waals surface area contributed by atoms with Gasteiger partial charge in [0.25, 0.3) is 0 Å². The van der Waals surface area contributed by atoms with E-state index < -0.39 is 0 Å². The summed E-state index contributed by atoms with van der Waals surface area (Å²) in [7, 11) is 2.04. The molecule has 0 bridgehead atoms. The smallest absolute Gasteiger partial charge is 0.193 e. The Labute approximate surface area is 175 Å². The van der Waals surface area contributed by atoms with Crippen LogP contribution in [0.15, 0.2) is 27.7 Å². The van der Waals surface area contributed by atoms with Crippen LogP contribution >= 0.6 is 39.9 Å². The number of benzene rings is 1. The lowest BCUT2D eigenvalue weighted by molar-refractivity contribution is 0.0625. The predicted molar refractivity (Wildman–Crippen MR) is 115 cm³/mol. The number of guanidine groups is 1. The van der Waals surface area contributed by atoms with E-state index in [1.54, 1.807) is 6.07 Å². The van der Waals surface area contributed by atoms with Crippen LogP contribution < -0.4 is 5.32 Å². The normalized spacial score (nSPS) is 15.6. The minimum Gasteiger partial charge on any atom is -0.381 e. The highest BCUT2D eigenvalue weighted by Gasteiger charge is 2.15. The Morgan fingerprint density at radius 1 is 1.40 bits per heavy atom. The highest BCUT2D eigenvalue weighted by molar-refractivity contribution is 14.0. The summed E-state index contributed by atoms with van der Waals surface area (Å²) >= 11 is 3.28. The van der Waals surface area contributed by atoms with Crippen LogP contribution in [-0.2, 0) is 11.3 Å². The molecule has 4 nitrogen and oxygen atoms in total. The van der Waals surface area contributed by atoms with Gasteiger partial charge in [-0.15, -0.1) is 24.0 Å². The molecule has 0 aromatic heterocycles. The molecule has 1 fully saturated rings. The molecule has 1 aliphatic rings. The van der Waals surface area contributed by atoms with E-state index in [9.17, 15) is 4.39 Å². The van der Waals surface area contributed by atoms with Crippen molar-refractivity contribution < 1.29 is 9.13 Å². The van der Waals surface area contributed by atoms with Crippen molar-refractivity contribution in [3.63, 3.8) is 0 Å². The van der Waals surface area contributed by atoms with E-state index in [2.05, 4.69) is 31.1 Å². The summed E-state index contributed by atoms with van der Waals surface area (Å²) in [6, 6.07) is 5.09. The van der Waals surface area contributed by atoms with Crippen LogP contribution in [0.2, 0.25) is 0 Å². The molecule has 0 atom stereocenters. The van der Waals surface area contributed by atoms with E-state index in [0.717, 1.165) is 61.9 Å². The van der Waals surface area contributed by atoms with Gasteiger partial charge in [0.2, 0.25) is 0 Å². The zero-order valence-electron chi connectivity index (χ0n) is 14.9. The molecule has 7 heteroatoms. The summed E-state index contributed by atoms with van der Waals surface area (Å²) in [5, 5.41) is 3.29. The number of nitrogens with one attached hydrogen (secondary N) is 1. The van der Waals surface area contributed by atoms with Gasteiger partial charge in [-0.25, -0.2) is 9.38 Å². The Bertz CT molecular complexity index is 553. The first kappa shape index (κ1) is 22.6. The van der Waals surface area contributed by atoms with E-state index in [-0.39, 0.29) is 29.8 Å². The third-order valence-corrected chi connectivity index (χ3v) is 4.82. The Kier molecular flexibility index (Phi) is 10.9. The van der Waals surface area contributed by atoms with E-state index in [1.807, 2.05) is 20.0 Å². The summed E-state index contributed by atoms with van der Waals surface area (Å²) in [4.78, 5) is 6.72. The van der Waals surface area contributed by atoms with Crippen molar-refractivity contribution in [3.05, 3.63) is 34.1 Å². The van der Waals surface area contributed by atoms with Crippen LogP contribution in [0, 0.1) is 11.7 Å². The van der Waals surface area contributed by atoms with Crippen molar-refractivity contribution in [2.24, 2.45) is 10.9 Å². The van der Waals surface area contributed by atoms with Gasteiger partial charge < -0.3 is 15.0 Å². The molecular formula is C18H28BrFIN3O. The molecule has 1 aromatic carbocycles. The van der Waals surface area contributed by atoms with E-state index in [4.69, 9.17) is 4.74 Å². The predicted octanol–water partition coefficient (Wildman–Crippen LogP) is 4.42. The zero-order chi connectivity index (χ0) is 17.4. The van der Waals surface area contributed by atoms with Crippen molar-refractivity contribution in [1.82, 2.24) is 10.2 Å². The lowest BCUT2D eigenvalue weighted by Gasteiger charge is -2.26. The molecule has 0 radical (unpaired) electrons. The molecule has 0 aliphatic carbocycles. The fourth-order valence-electron chi connectivity index (χ4n) is 2.80. The summed E-state index contributed by atoms with van der Waals surface area (Å²) in [6.45, 7) is 5.88. The van der Waals surface area contributed by atoms with Crippen LogP contribution in [0.1, 0.15) is 31.7 Å². The van der Waals surface area contributed by atoms with E-state index in [0.29, 0.717) is 12.1 Å². The van der Waals surface area contributed by atoms with Gasteiger partial charge in [0.1, 0.15) is 5.82 Å². The molecule has 2 rings (SSSR count). The van der Waals surface area contributed by atoms with Gasteiger partial charge in [0.05, 0.1) is 6.54 Å². The van der Waals surface area contributed by atoms with Gasteiger partial charge in [0.15, 0.2) is 5.96 Å². The molecule has 1 aromatic rings. The minimum atomic E-state index is -0.228.